The van der Waals surface area contributed by atoms with Crippen molar-refractivity contribution in [3.05, 3.63) is 59.3 Å². The van der Waals surface area contributed by atoms with Crippen LogP contribution in [0.3, 0.4) is 0 Å². The Kier molecular flexibility index (Phi) is 8.48. The van der Waals surface area contributed by atoms with Crippen molar-refractivity contribution in [1.82, 2.24) is 30.1 Å². The van der Waals surface area contributed by atoms with Crippen LogP contribution in [0.4, 0.5) is 0 Å². The number of hydrogen-bond acceptors (Lipinski definition) is 8. The van der Waals surface area contributed by atoms with Gasteiger partial charge in [0.25, 0.3) is 5.91 Å². The number of rotatable bonds is 7. The van der Waals surface area contributed by atoms with Crippen molar-refractivity contribution in [2.24, 2.45) is 0 Å². The van der Waals surface area contributed by atoms with Gasteiger partial charge in [-0.05, 0) is 49.9 Å². The Hall–Kier alpha value is -2.82. The summed E-state index contributed by atoms with van der Waals surface area (Å²) in [6, 6.07) is 4.56. The molecule has 1 aliphatic carbocycles. The van der Waals surface area contributed by atoms with Crippen LogP contribution in [0.25, 0.3) is 0 Å². The fraction of sp³-hybridized carbons (Fsp3) is 0.480. The SMILES string of the molecule is COc1cc(C)c(S)c(C)c1.O=C(c1coc(CNC2CC2)n1)N1CCN(Cc2cnc[nH]2)CC1. The van der Waals surface area contributed by atoms with Crippen molar-refractivity contribution >= 4 is 18.5 Å². The van der Waals surface area contributed by atoms with Gasteiger partial charge in [0.1, 0.15) is 12.0 Å². The second-order valence-electron chi connectivity index (χ2n) is 9.04. The largest absolute Gasteiger partial charge is 0.497 e. The summed E-state index contributed by atoms with van der Waals surface area (Å²) < 4.78 is 10.5. The van der Waals surface area contributed by atoms with E-state index in [1.165, 1.54) is 19.1 Å². The number of carbonyl (C=O) groups is 1. The molecule has 1 aromatic carbocycles. The zero-order valence-corrected chi connectivity index (χ0v) is 21.5. The van der Waals surface area contributed by atoms with Gasteiger partial charge in [-0.3, -0.25) is 9.69 Å². The van der Waals surface area contributed by atoms with Crippen molar-refractivity contribution in [3.8, 4) is 5.75 Å². The summed E-state index contributed by atoms with van der Waals surface area (Å²) in [5, 5.41) is 3.34. The van der Waals surface area contributed by atoms with Crippen molar-refractivity contribution in [1.29, 1.82) is 0 Å². The summed E-state index contributed by atoms with van der Waals surface area (Å²) in [6.45, 7) is 8.58. The number of piperazine rings is 1. The minimum atomic E-state index is -0.0439. The molecule has 0 bridgehead atoms. The number of aromatic nitrogens is 3. The van der Waals surface area contributed by atoms with E-state index in [0.717, 1.165) is 47.1 Å². The predicted molar refractivity (Wildman–Crippen MR) is 136 cm³/mol. The van der Waals surface area contributed by atoms with Gasteiger partial charge in [-0.15, -0.1) is 12.6 Å². The first kappa shape index (κ1) is 25.3. The lowest BCUT2D eigenvalue weighted by atomic mass is 10.1. The van der Waals surface area contributed by atoms with Gasteiger partial charge in [0.15, 0.2) is 5.69 Å². The Balaban J connectivity index is 0.000000221. The molecule has 2 fully saturated rings. The van der Waals surface area contributed by atoms with Crippen LogP contribution in [-0.4, -0.2) is 70.0 Å². The number of aryl methyl sites for hydroxylation is 2. The van der Waals surface area contributed by atoms with Gasteiger partial charge in [0.2, 0.25) is 5.89 Å². The highest BCUT2D eigenvalue weighted by atomic mass is 32.1. The number of amides is 1. The molecule has 0 spiro atoms. The molecule has 3 heterocycles. The maximum absolute atomic E-state index is 12.5. The van der Waals surface area contributed by atoms with Crippen LogP contribution in [0.15, 0.2) is 40.2 Å². The average Bonchev–Trinajstić information content (AvgIpc) is 3.33. The third-order valence-electron chi connectivity index (χ3n) is 6.20. The first-order valence-corrected chi connectivity index (χ1v) is 12.4. The van der Waals surface area contributed by atoms with Crippen molar-refractivity contribution in [3.63, 3.8) is 0 Å². The molecule has 1 amide bonds. The highest BCUT2D eigenvalue weighted by Crippen LogP contribution is 2.24. The number of nitrogens with zero attached hydrogens (tertiary/aromatic N) is 4. The summed E-state index contributed by atoms with van der Waals surface area (Å²) in [4.78, 5) is 29.2. The van der Waals surface area contributed by atoms with Gasteiger partial charge in [-0.25, -0.2) is 9.97 Å². The van der Waals surface area contributed by atoms with Gasteiger partial charge >= 0.3 is 0 Å². The minimum absolute atomic E-state index is 0.0439. The second kappa shape index (κ2) is 11.7. The number of hydrogen-bond donors (Lipinski definition) is 3. The molecule has 9 nitrogen and oxygen atoms in total. The van der Waals surface area contributed by atoms with E-state index in [-0.39, 0.29) is 5.91 Å². The van der Waals surface area contributed by atoms with E-state index in [1.54, 1.807) is 13.4 Å². The standard InChI is InChI=1S/C16H22N6O2.C9H12OS/c23-16(14-10-24-15(20-14)8-18-12-1-2-12)22-5-3-21(4-6-22)9-13-7-17-11-19-13;1-6-4-8(10-3)5-7(2)9(6)11/h7,10-12,18H,1-6,8-9H2,(H,17,19);4-5,11H,1-3H3. The molecule has 2 aromatic heterocycles. The average molecular weight is 499 g/mol. The van der Waals surface area contributed by atoms with Crippen LogP contribution < -0.4 is 10.1 Å². The normalized spacial score (nSPS) is 16.1. The van der Waals surface area contributed by atoms with Crippen LogP contribution in [-0.2, 0) is 13.1 Å². The van der Waals surface area contributed by atoms with E-state index in [9.17, 15) is 4.79 Å². The first-order chi connectivity index (χ1) is 16.9. The number of ether oxygens (including phenoxy) is 1. The zero-order valence-electron chi connectivity index (χ0n) is 20.6. The van der Waals surface area contributed by atoms with Gasteiger partial charge in [-0.2, -0.15) is 0 Å². The third-order valence-corrected chi connectivity index (χ3v) is 6.90. The maximum Gasteiger partial charge on any atom is 0.275 e. The molecule has 188 valence electrons. The zero-order chi connectivity index (χ0) is 24.8. The Morgan fingerprint density at radius 1 is 1.23 bits per heavy atom. The fourth-order valence-corrected chi connectivity index (χ4v) is 4.06. The van der Waals surface area contributed by atoms with Crippen LogP contribution in [0, 0.1) is 13.8 Å². The number of carbonyl (C=O) groups excluding carboxylic acids is 1. The molecule has 3 aromatic rings. The molecule has 1 saturated heterocycles. The topological polar surface area (TPSA) is 99.5 Å². The Labute approximate surface area is 211 Å². The summed E-state index contributed by atoms with van der Waals surface area (Å²) in [6.07, 6.45) is 7.44. The van der Waals surface area contributed by atoms with Crippen molar-refractivity contribution in [2.75, 3.05) is 33.3 Å². The monoisotopic (exact) mass is 498 g/mol. The number of aromatic amines is 1. The molecule has 5 rings (SSSR count). The second-order valence-corrected chi connectivity index (χ2v) is 9.48. The van der Waals surface area contributed by atoms with Gasteiger partial charge in [-0.1, -0.05) is 0 Å². The molecule has 10 heteroatoms. The Morgan fingerprint density at radius 3 is 2.54 bits per heavy atom. The van der Waals surface area contributed by atoms with E-state index in [1.807, 2.05) is 37.1 Å². The first-order valence-electron chi connectivity index (χ1n) is 11.9. The summed E-state index contributed by atoms with van der Waals surface area (Å²) in [5.41, 5.74) is 3.82. The molecule has 0 unspecified atom stereocenters. The van der Waals surface area contributed by atoms with Gasteiger partial charge < -0.3 is 24.4 Å². The molecule has 1 saturated carbocycles. The molecular formula is C25H34N6O3S. The lowest BCUT2D eigenvalue weighted by Crippen LogP contribution is -2.48. The molecule has 1 aliphatic heterocycles. The number of imidazole rings is 1. The Morgan fingerprint density at radius 2 is 1.94 bits per heavy atom. The molecule has 0 radical (unpaired) electrons. The summed E-state index contributed by atoms with van der Waals surface area (Å²) >= 11 is 4.34. The maximum atomic E-state index is 12.5. The van der Waals surface area contributed by atoms with Crippen LogP contribution in [0.1, 0.15) is 46.0 Å². The van der Waals surface area contributed by atoms with E-state index in [0.29, 0.717) is 37.3 Å². The smallest absolute Gasteiger partial charge is 0.275 e. The Bertz CT molecular complexity index is 1080. The number of oxazole rings is 1. The van der Waals surface area contributed by atoms with Crippen LogP contribution in [0.5, 0.6) is 5.75 Å². The summed E-state index contributed by atoms with van der Waals surface area (Å²) in [5.74, 6) is 1.44. The molecular weight excluding hydrogens is 464 g/mol. The van der Waals surface area contributed by atoms with Crippen molar-refractivity contribution < 1.29 is 13.9 Å². The van der Waals surface area contributed by atoms with E-state index >= 15 is 0 Å². The van der Waals surface area contributed by atoms with Crippen molar-refractivity contribution in [2.45, 2.75) is 50.7 Å². The third kappa shape index (κ3) is 7.09. The highest BCUT2D eigenvalue weighted by Gasteiger charge is 2.25. The number of thiol groups is 1. The molecule has 2 N–H and O–H groups in total. The van der Waals surface area contributed by atoms with E-state index < -0.39 is 0 Å². The quantitative estimate of drug-likeness (QED) is 0.430. The minimum Gasteiger partial charge on any atom is -0.497 e. The van der Waals surface area contributed by atoms with Crippen LogP contribution >= 0.6 is 12.6 Å². The number of methoxy groups -OCH3 is 1. The van der Waals surface area contributed by atoms with Gasteiger partial charge in [0.05, 0.1) is 20.0 Å². The molecule has 2 aliphatic rings. The van der Waals surface area contributed by atoms with E-state index in [2.05, 4.69) is 37.8 Å². The fourth-order valence-electron chi connectivity index (χ4n) is 3.93. The predicted octanol–water partition coefficient (Wildman–Crippen LogP) is 3.21. The number of benzene rings is 1. The van der Waals surface area contributed by atoms with Gasteiger partial charge in [0, 0.05) is 55.6 Å². The summed E-state index contributed by atoms with van der Waals surface area (Å²) in [7, 11) is 1.67. The van der Waals surface area contributed by atoms with E-state index in [4.69, 9.17) is 9.15 Å². The highest BCUT2D eigenvalue weighted by molar-refractivity contribution is 7.80. The lowest BCUT2D eigenvalue weighted by molar-refractivity contribution is 0.0621. The number of H-pyrrole nitrogens is 1. The lowest BCUT2D eigenvalue weighted by Gasteiger charge is -2.34. The van der Waals surface area contributed by atoms with Crippen LogP contribution in [0.2, 0.25) is 0 Å². The number of nitrogens with one attached hydrogen (secondary N) is 2. The molecule has 0 atom stereocenters. The molecule has 35 heavy (non-hydrogen) atoms.